The van der Waals surface area contributed by atoms with Crippen LogP contribution in [-0.2, 0) is 9.53 Å². The van der Waals surface area contributed by atoms with Gasteiger partial charge in [-0.3, -0.25) is 4.79 Å². The van der Waals surface area contributed by atoms with Crippen molar-refractivity contribution in [3.8, 4) is 5.75 Å². The summed E-state index contributed by atoms with van der Waals surface area (Å²) in [6.45, 7) is 7.89. The molecule has 0 aliphatic carbocycles. The number of ether oxygens (including phenoxy) is 2. The number of hydrogen-bond donors (Lipinski definition) is 1. The van der Waals surface area contributed by atoms with Crippen molar-refractivity contribution >= 4 is 29.7 Å². The van der Waals surface area contributed by atoms with Gasteiger partial charge in [-0.2, -0.15) is 0 Å². The van der Waals surface area contributed by atoms with Crippen LogP contribution in [0.4, 0.5) is 0 Å². The molecule has 0 spiro atoms. The maximum atomic E-state index is 9.60. The molecule has 1 unspecified atom stereocenters. The lowest BCUT2D eigenvalue weighted by atomic mass is 10.1. The second-order valence-corrected chi connectivity index (χ2v) is 6.89. The molecule has 1 N–H and O–H groups in total. The summed E-state index contributed by atoms with van der Waals surface area (Å²) < 4.78 is 10.3. The van der Waals surface area contributed by atoms with Gasteiger partial charge >= 0.3 is 0 Å². The van der Waals surface area contributed by atoms with Gasteiger partial charge in [0.15, 0.2) is 0 Å². The number of carbonyl (C=O) groups is 1. The van der Waals surface area contributed by atoms with Crippen LogP contribution in [0, 0.1) is 0 Å². The van der Waals surface area contributed by atoms with Crippen LogP contribution in [0.15, 0.2) is 18.2 Å². The summed E-state index contributed by atoms with van der Waals surface area (Å²) in [7, 11) is 0. The lowest BCUT2D eigenvalue weighted by molar-refractivity contribution is -0.138. The monoisotopic (exact) mass is 347 g/mol. The van der Waals surface area contributed by atoms with E-state index in [1.165, 1.54) is 0 Å². The smallest absolute Gasteiger partial charge is 0.293 e. The number of hydrogen-bond acceptors (Lipinski definition) is 4. The predicted molar refractivity (Wildman–Crippen MR) is 89.9 cm³/mol. The Kier molecular flexibility index (Phi) is 8.01. The lowest BCUT2D eigenvalue weighted by Crippen LogP contribution is -2.37. The molecule has 1 aliphatic rings. The molecular weight excluding hydrogens is 325 g/mol. The largest absolute Gasteiger partial charge is 0.489 e. The summed E-state index contributed by atoms with van der Waals surface area (Å²) in [5.74, 6) is 0.751. The standard InChI is InChI=1S/C11H13Cl2NO.C5H10O2/c12-8-4-9(13)6-11(5-8)15-10-2-1-3-14-7-10;1-5(2,3)7-4-6/h4-6,10,14H,1-3,7H2;4H,1-3H3. The second kappa shape index (κ2) is 9.23. The first kappa shape index (κ1) is 19.1. The molecule has 1 fully saturated rings. The maximum absolute atomic E-state index is 9.60. The number of piperidine rings is 1. The summed E-state index contributed by atoms with van der Waals surface area (Å²) in [4.78, 5) is 9.60. The Labute approximate surface area is 142 Å². The molecule has 1 atom stereocenters. The molecule has 0 radical (unpaired) electrons. The molecule has 22 heavy (non-hydrogen) atoms. The Hall–Kier alpha value is -0.970. The van der Waals surface area contributed by atoms with Gasteiger partial charge in [-0.1, -0.05) is 23.2 Å². The topological polar surface area (TPSA) is 47.6 Å². The van der Waals surface area contributed by atoms with Gasteiger partial charge in [0.05, 0.1) is 0 Å². The molecule has 6 heteroatoms. The van der Waals surface area contributed by atoms with Crippen molar-refractivity contribution < 1.29 is 14.3 Å². The van der Waals surface area contributed by atoms with Crippen LogP contribution >= 0.6 is 23.2 Å². The van der Waals surface area contributed by atoms with E-state index in [1.54, 1.807) is 18.2 Å². The van der Waals surface area contributed by atoms with Crippen molar-refractivity contribution in [2.75, 3.05) is 13.1 Å². The highest BCUT2D eigenvalue weighted by Gasteiger charge is 2.14. The van der Waals surface area contributed by atoms with Crippen molar-refractivity contribution in [2.45, 2.75) is 45.3 Å². The highest BCUT2D eigenvalue weighted by molar-refractivity contribution is 6.34. The summed E-state index contributed by atoms with van der Waals surface area (Å²) >= 11 is 11.8. The van der Waals surface area contributed by atoms with E-state index < -0.39 is 0 Å². The lowest BCUT2D eigenvalue weighted by Gasteiger charge is -2.24. The van der Waals surface area contributed by atoms with Crippen molar-refractivity contribution in [1.82, 2.24) is 5.32 Å². The molecule has 1 saturated heterocycles. The fourth-order valence-corrected chi connectivity index (χ4v) is 2.36. The van der Waals surface area contributed by atoms with Gasteiger partial charge in [0, 0.05) is 16.6 Å². The number of carbonyl (C=O) groups excluding carboxylic acids is 1. The van der Waals surface area contributed by atoms with Crippen LogP contribution in [0.1, 0.15) is 33.6 Å². The van der Waals surface area contributed by atoms with Gasteiger partial charge in [0.2, 0.25) is 0 Å². The summed E-state index contributed by atoms with van der Waals surface area (Å²) in [6.07, 6.45) is 2.46. The molecule has 0 saturated carbocycles. The molecule has 0 aromatic heterocycles. The fraction of sp³-hybridized carbons (Fsp3) is 0.562. The van der Waals surface area contributed by atoms with Crippen molar-refractivity contribution in [3.63, 3.8) is 0 Å². The van der Waals surface area contributed by atoms with Crippen molar-refractivity contribution in [1.29, 1.82) is 0 Å². The Balaban J connectivity index is 0.000000295. The Morgan fingerprint density at radius 3 is 2.27 bits per heavy atom. The average molecular weight is 348 g/mol. The minimum atomic E-state index is -0.318. The van der Waals surface area contributed by atoms with Crippen LogP contribution in [0.25, 0.3) is 0 Å². The molecular formula is C16H23Cl2NO3. The van der Waals surface area contributed by atoms with E-state index >= 15 is 0 Å². The zero-order valence-electron chi connectivity index (χ0n) is 13.2. The summed E-state index contributed by atoms with van der Waals surface area (Å²) in [5.41, 5.74) is -0.318. The first-order valence-corrected chi connectivity index (χ1v) is 8.00. The molecule has 4 nitrogen and oxygen atoms in total. The van der Waals surface area contributed by atoms with E-state index in [0.29, 0.717) is 16.5 Å². The summed E-state index contributed by atoms with van der Waals surface area (Å²) in [5, 5.41) is 4.52. The van der Waals surface area contributed by atoms with E-state index in [1.807, 2.05) is 20.8 Å². The molecule has 124 valence electrons. The average Bonchev–Trinajstić information content (AvgIpc) is 2.37. The van der Waals surface area contributed by atoms with Crippen LogP contribution in [-0.4, -0.2) is 31.3 Å². The Morgan fingerprint density at radius 1 is 1.23 bits per heavy atom. The fourth-order valence-electron chi connectivity index (χ4n) is 1.85. The zero-order chi connectivity index (χ0) is 16.6. The maximum Gasteiger partial charge on any atom is 0.293 e. The molecule has 1 aliphatic heterocycles. The molecule has 1 heterocycles. The first-order chi connectivity index (χ1) is 10.3. The quantitative estimate of drug-likeness (QED) is 0.836. The van der Waals surface area contributed by atoms with Crippen molar-refractivity contribution in [2.24, 2.45) is 0 Å². The third-order valence-corrected chi connectivity index (χ3v) is 3.23. The normalized spacial score (nSPS) is 18.0. The first-order valence-electron chi connectivity index (χ1n) is 7.25. The van der Waals surface area contributed by atoms with E-state index in [0.717, 1.165) is 31.7 Å². The van der Waals surface area contributed by atoms with Gasteiger partial charge < -0.3 is 14.8 Å². The number of benzene rings is 1. The summed E-state index contributed by atoms with van der Waals surface area (Å²) in [6, 6.07) is 5.29. The van der Waals surface area contributed by atoms with E-state index in [4.69, 9.17) is 27.9 Å². The Bertz CT molecular complexity index is 449. The predicted octanol–water partition coefficient (Wildman–Crippen LogP) is 4.08. The SMILES string of the molecule is CC(C)(C)OC=O.Clc1cc(Cl)cc(OC2CCCNC2)c1. The van der Waals surface area contributed by atoms with Crippen LogP contribution < -0.4 is 10.1 Å². The highest BCUT2D eigenvalue weighted by Crippen LogP contribution is 2.25. The van der Waals surface area contributed by atoms with Gasteiger partial charge in [0.25, 0.3) is 6.47 Å². The van der Waals surface area contributed by atoms with E-state index in [-0.39, 0.29) is 11.7 Å². The van der Waals surface area contributed by atoms with Crippen molar-refractivity contribution in [3.05, 3.63) is 28.2 Å². The molecule has 1 aromatic rings. The second-order valence-electron chi connectivity index (χ2n) is 6.02. The highest BCUT2D eigenvalue weighted by atomic mass is 35.5. The number of rotatable bonds is 3. The Morgan fingerprint density at radius 2 is 1.86 bits per heavy atom. The van der Waals surface area contributed by atoms with Crippen LogP contribution in [0.3, 0.4) is 0 Å². The van der Waals surface area contributed by atoms with Gasteiger partial charge in [0.1, 0.15) is 17.5 Å². The minimum Gasteiger partial charge on any atom is -0.489 e. The molecule has 2 rings (SSSR count). The zero-order valence-corrected chi connectivity index (χ0v) is 14.7. The van der Waals surface area contributed by atoms with Gasteiger partial charge in [-0.15, -0.1) is 0 Å². The van der Waals surface area contributed by atoms with Crippen LogP contribution in [0.2, 0.25) is 10.0 Å². The van der Waals surface area contributed by atoms with Crippen LogP contribution in [0.5, 0.6) is 5.75 Å². The van der Waals surface area contributed by atoms with E-state index in [9.17, 15) is 4.79 Å². The molecule has 0 amide bonds. The molecule has 1 aromatic carbocycles. The third-order valence-electron chi connectivity index (χ3n) is 2.79. The van der Waals surface area contributed by atoms with Gasteiger partial charge in [-0.05, 0) is 58.4 Å². The minimum absolute atomic E-state index is 0.230. The third kappa shape index (κ3) is 8.47. The van der Waals surface area contributed by atoms with Gasteiger partial charge in [-0.25, -0.2) is 0 Å². The van der Waals surface area contributed by atoms with E-state index in [2.05, 4.69) is 10.1 Å². The molecule has 0 bridgehead atoms. The number of halogens is 2. The number of nitrogens with one attached hydrogen (secondary N) is 1.